The number of hydrogen-bond acceptors (Lipinski definition) is 3. The van der Waals surface area contributed by atoms with Crippen molar-refractivity contribution in [3.05, 3.63) is 29.3 Å². The molecule has 1 rings (SSSR count). The van der Waals surface area contributed by atoms with Gasteiger partial charge in [0.1, 0.15) is 12.0 Å². The molecule has 0 radical (unpaired) electrons. The summed E-state index contributed by atoms with van der Waals surface area (Å²) in [6.45, 7) is 1.80. The van der Waals surface area contributed by atoms with Crippen LogP contribution in [0.1, 0.15) is 18.1 Å². The molecular formula is C13H16O4. The molecule has 0 aliphatic rings. The van der Waals surface area contributed by atoms with Gasteiger partial charge in [0.15, 0.2) is 0 Å². The second kappa shape index (κ2) is 6.03. The quantitative estimate of drug-likeness (QED) is 0.763. The van der Waals surface area contributed by atoms with Gasteiger partial charge in [-0.15, -0.1) is 0 Å². The van der Waals surface area contributed by atoms with Gasteiger partial charge in [-0.2, -0.15) is 0 Å². The highest BCUT2D eigenvalue weighted by molar-refractivity contribution is 5.72. The summed E-state index contributed by atoms with van der Waals surface area (Å²) in [5.74, 6) is -0.479. The van der Waals surface area contributed by atoms with Crippen LogP contribution in [0.3, 0.4) is 0 Å². The lowest BCUT2D eigenvalue weighted by molar-refractivity contribution is -0.136. The molecule has 4 heteroatoms. The Morgan fingerprint density at radius 1 is 1.53 bits per heavy atom. The predicted octanol–water partition coefficient (Wildman–Crippen LogP) is 1.70. The van der Waals surface area contributed by atoms with Crippen LogP contribution in [-0.4, -0.2) is 24.5 Å². The van der Waals surface area contributed by atoms with Gasteiger partial charge in [-0.05, 0) is 18.1 Å². The maximum atomic E-state index is 10.8. The van der Waals surface area contributed by atoms with E-state index in [-0.39, 0.29) is 12.3 Å². The molecule has 0 heterocycles. The van der Waals surface area contributed by atoms with E-state index in [0.717, 1.165) is 11.8 Å². The zero-order valence-corrected chi connectivity index (χ0v) is 9.97. The van der Waals surface area contributed by atoms with E-state index in [4.69, 9.17) is 9.84 Å². The molecule has 0 spiro atoms. The van der Waals surface area contributed by atoms with E-state index >= 15 is 0 Å². The Balaban J connectivity index is 3.09. The number of carboxylic acids is 1. The fourth-order valence-electron chi connectivity index (χ4n) is 1.74. The van der Waals surface area contributed by atoms with Gasteiger partial charge in [-0.25, -0.2) is 0 Å². The van der Waals surface area contributed by atoms with E-state index in [1.165, 1.54) is 7.11 Å². The minimum absolute atomic E-state index is 0.0923. The van der Waals surface area contributed by atoms with Crippen molar-refractivity contribution in [1.82, 2.24) is 0 Å². The maximum Gasteiger partial charge on any atom is 0.307 e. The third-order valence-electron chi connectivity index (χ3n) is 2.55. The minimum atomic E-state index is -0.908. The lowest BCUT2D eigenvalue weighted by Gasteiger charge is -2.13. The van der Waals surface area contributed by atoms with E-state index in [2.05, 4.69) is 0 Å². The van der Waals surface area contributed by atoms with Gasteiger partial charge in [0, 0.05) is 11.5 Å². The van der Waals surface area contributed by atoms with Gasteiger partial charge in [-0.1, -0.05) is 19.1 Å². The number of benzene rings is 1. The first kappa shape index (κ1) is 13.2. The molecular weight excluding hydrogens is 220 g/mol. The van der Waals surface area contributed by atoms with Crippen LogP contribution < -0.4 is 4.74 Å². The van der Waals surface area contributed by atoms with Gasteiger partial charge in [0.2, 0.25) is 0 Å². The molecule has 1 N–H and O–H groups in total. The largest absolute Gasteiger partial charge is 0.496 e. The predicted molar refractivity (Wildman–Crippen MR) is 63.3 cm³/mol. The van der Waals surface area contributed by atoms with Crippen LogP contribution in [0.2, 0.25) is 0 Å². The Morgan fingerprint density at radius 3 is 2.76 bits per heavy atom. The summed E-state index contributed by atoms with van der Waals surface area (Å²) in [6, 6.07) is 5.37. The van der Waals surface area contributed by atoms with E-state index in [1.807, 2.05) is 6.07 Å². The molecule has 1 aromatic carbocycles. The van der Waals surface area contributed by atoms with Crippen LogP contribution in [0, 0.1) is 5.92 Å². The molecule has 0 fully saturated rings. The third kappa shape index (κ3) is 3.59. The number of rotatable bonds is 6. The summed E-state index contributed by atoms with van der Waals surface area (Å²) in [4.78, 5) is 21.5. The Morgan fingerprint density at radius 2 is 2.24 bits per heavy atom. The number of methoxy groups -OCH3 is 1. The Kier molecular flexibility index (Phi) is 4.69. The molecule has 1 atom stereocenters. The minimum Gasteiger partial charge on any atom is -0.496 e. The van der Waals surface area contributed by atoms with Gasteiger partial charge in [0.25, 0.3) is 0 Å². The highest BCUT2D eigenvalue weighted by Gasteiger charge is 2.14. The van der Waals surface area contributed by atoms with Gasteiger partial charge in [0.05, 0.1) is 13.5 Å². The number of carbonyl (C=O) groups is 2. The summed E-state index contributed by atoms with van der Waals surface area (Å²) in [6.07, 6.45) is 1.30. The zero-order chi connectivity index (χ0) is 12.8. The topological polar surface area (TPSA) is 63.6 Å². The van der Waals surface area contributed by atoms with Crippen LogP contribution in [0.5, 0.6) is 5.75 Å². The van der Waals surface area contributed by atoms with E-state index in [9.17, 15) is 9.59 Å². The fraction of sp³-hybridized carbons (Fsp3) is 0.385. The summed E-state index contributed by atoms with van der Waals surface area (Å²) >= 11 is 0. The molecule has 0 saturated carbocycles. The average Bonchev–Trinajstić information content (AvgIpc) is 2.30. The summed E-state index contributed by atoms with van der Waals surface area (Å²) in [5, 5.41) is 8.88. The Labute approximate surface area is 100 Å². The second-order valence-electron chi connectivity index (χ2n) is 3.99. The number of ether oxygens (including phenoxy) is 1. The van der Waals surface area contributed by atoms with Crippen molar-refractivity contribution >= 4 is 12.3 Å². The zero-order valence-electron chi connectivity index (χ0n) is 9.97. The molecule has 0 aliphatic heterocycles. The fourth-order valence-corrected chi connectivity index (χ4v) is 1.74. The SMILES string of the molecule is COc1cccc(CC(C)C=O)c1CC(=O)O. The normalized spacial score (nSPS) is 11.9. The molecule has 92 valence electrons. The number of aldehydes is 1. The standard InChI is InChI=1S/C13H16O4/c1-9(8-14)6-10-4-3-5-12(17-2)11(10)7-13(15)16/h3-5,8-9H,6-7H2,1-2H3,(H,15,16). The lowest BCUT2D eigenvalue weighted by atomic mass is 9.95. The third-order valence-corrected chi connectivity index (χ3v) is 2.55. The smallest absolute Gasteiger partial charge is 0.307 e. The van der Waals surface area contributed by atoms with Crippen molar-refractivity contribution in [2.24, 2.45) is 5.92 Å². The maximum absolute atomic E-state index is 10.8. The number of carbonyl (C=O) groups excluding carboxylic acids is 1. The van der Waals surface area contributed by atoms with Crippen molar-refractivity contribution in [2.75, 3.05) is 7.11 Å². The monoisotopic (exact) mass is 236 g/mol. The van der Waals surface area contributed by atoms with E-state index in [0.29, 0.717) is 17.7 Å². The molecule has 1 unspecified atom stereocenters. The molecule has 0 amide bonds. The Bertz CT molecular complexity index is 412. The highest BCUT2D eigenvalue weighted by atomic mass is 16.5. The van der Waals surface area contributed by atoms with Crippen molar-refractivity contribution in [2.45, 2.75) is 19.8 Å². The molecule has 17 heavy (non-hydrogen) atoms. The first-order valence-electron chi connectivity index (χ1n) is 5.40. The van der Waals surface area contributed by atoms with Crippen LogP contribution in [-0.2, 0) is 22.4 Å². The van der Waals surface area contributed by atoms with Gasteiger partial charge < -0.3 is 14.6 Å². The molecule has 1 aromatic rings. The first-order chi connectivity index (χ1) is 8.08. The Hall–Kier alpha value is -1.84. The lowest BCUT2D eigenvalue weighted by Crippen LogP contribution is -2.09. The van der Waals surface area contributed by atoms with Crippen LogP contribution in [0.25, 0.3) is 0 Å². The van der Waals surface area contributed by atoms with Gasteiger partial charge >= 0.3 is 5.97 Å². The van der Waals surface area contributed by atoms with Crippen molar-refractivity contribution in [3.8, 4) is 5.75 Å². The van der Waals surface area contributed by atoms with Crippen molar-refractivity contribution < 1.29 is 19.4 Å². The molecule has 0 saturated heterocycles. The molecule has 0 aliphatic carbocycles. The second-order valence-corrected chi connectivity index (χ2v) is 3.99. The van der Waals surface area contributed by atoms with Crippen LogP contribution in [0.4, 0.5) is 0 Å². The number of hydrogen-bond donors (Lipinski definition) is 1. The average molecular weight is 236 g/mol. The van der Waals surface area contributed by atoms with E-state index < -0.39 is 5.97 Å². The summed E-state index contributed by atoms with van der Waals surface area (Å²) < 4.78 is 5.15. The van der Waals surface area contributed by atoms with Crippen molar-refractivity contribution in [1.29, 1.82) is 0 Å². The number of carboxylic acid groups (broad SMARTS) is 1. The van der Waals surface area contributed by atoms with Crippen LogP contribution in [0.15, 0.2) is 18.2 Å². The molecule has 4 nitrogen and oxygen atoms in total. The summed E-state index contributed by atoms with van der Waals surface area (Å²) in [5.41, 5.74) is 1.50. The highest BCUT2D eigenvalue weighted by Crippen LogP contribution is 2.24. The van der Waals surface area contributed by atoms with Crippen molar-refractivity contribution in [3.63, 3.8) is 0 Å². The van der Waals surface area contributed by atoms with Crippen LogP contribution >= 0.6 is 0 Å². The summed E-state index contributed by atoms with van der Waals surface area (Å²) in [7, 11) is 1.51. The van der Waals surface area contributed by atoms with E-state index in [1.54, 1.807) is 19.1 Å². The number of aliphatic carboxylic acids is 1. The van der Waals surface area contributed by atoms with Gasteiger partial charge in [-0.3, -0.25) is 4.79 Å². The first-order valence-corrected chi connectivity index (χ1v) is 5.40. The molecule has 0 bridgehead atoms. The molecule has 0 aromatic heterocycles.